The molecule has 10 heteroatoms. The number of anilines is 1. The molecule has 170 valence electrons. The Morgan fingerprint density at radius 2 is 1.40 bits per heavy atom. The van der Waals surface area contributed by atoms with E-state index in [9.17, 15) is 18.0 Å². The lowest BCUT2D eigenvalue weighted by atomic mass is 10.2. The SMILES string of the molecule is CC(C)CN(NC(=O)OC(C)(C)C)S(=O)(=O)c1ccc(NC(=O)OC(C)(C)C)cc1. The third kappa shape index (κ3) is 9.00. The van der Waals surface area contributed by atoms with Gasteiger partial charge in [-0.2, -0.15) is 0 Å². The van der Waals surface area contributed by atoms with Crippen LogP contribution in [0.3, 0.4) is 0 Å². The molecule has 0 heterocycles. The maximum absolute atomic E-state index is 13.0. The van der Waals surface area contributed by atoms with Gasteiger partial charge in [0.2, 0.25) is 0 Å². The fourth-order valence-corrected chi connectivity index (χ4v) is 3.62. The molecule has 1 aromatic carbocycles. The molecule has 0 atom stereocenters. The molecule has 2 amide bonds. The number of ether oxygens (including phenoxy) is 2. The zero-order valence-electron chi connectivity index (χ0n) is 18.9. The van der Waals surface area contributed by atoms with E-state index in [0.29, 0.717) is 5.69 Å². The van der Waals surface area contributed by atoms with Crippen LogP contribution in [0.15, 0.2) is 29.2 Å². The van der Waals surface area contributed by atoms with Crippen molar-refractivity contribution in [1.82, 2.24) is 9.84 Å². The first-order chi connectivity index (χ1) is 13.5. The predicted molar refractivity (Wildman–Crippen MR) is 114 cm³/mol. The average molecular weight is 444 g/mol. The number of carbonyl (C=O) groups is 2. The van der Waals surface area contributed by atoms with Crippen LogP contribution in [-0.4, -0.2) is 42.8 Å². The molecule has 0 aliphatic heterocycles. The first-order valence-electron chi connectivity index (χ1n) is 9.62. The van der Waals surface area contributed by atoms with Crippen LogP contribution in [0.25, 0.3) is 0 Å². The lowest BCUT2D eigenvalue weighted by molar-refractivity contribution is 0.0419. The third-order valence-electron chi connectivity index (χ3n) is 3.23. The van der Waals surface area contributed by atoms with Crippen molar-refractivity contribution >= 4 is 27.9 Å². The van der Waals surface area contributed by atoms with Gasteiger partial charge in [0.25, 0.3) is 10.0 Å². The van der Waals surface area contributed by atoms with Gasteiger partial charge in [0.05, 0.1) is 4.90 Å². The van der Waals surface area contributed by atoms with Crippen molar-refractivity contribution in [2.45, 2.75) is 71.5 Å². The Morgan fingerprint density at radius 1 is 0.933 bits per heavy atom. The summed E-state index contributed by atoms with van der Waals surface area (Å²) >= 11 is 0. The van der Waals surface area contributed by atoms with Gasteiger partial charge in [-0.3, -0.25) is 5.32 Å². The predicted octanol–water partition coefficient (Wildman–Crippen LogP) is 4.12. The van der Waals surface area contributed by atoms with E-state index in [0.717, 1.165) is 4.41 Å². The van der Waals surface area contributed by atoms with Crippen LogP contribution in [0, 0.1) is 5.92 Å². The van der Waals surface area contributed by atoms with Gasteiger partial charge in [0.1, 0.15) is 11.2 Å². The number of hydrogen-bond donors (Lipinski definition) is 2. The van der Waals surface area contributed by atoms with Crippen LogP contribution in [-0.2, 0) is 19.5 Å². The second kappa shape index (κ2) is 9.65. The first kappa shape index (κ1) is 25.7. The smallest absolute Gasteiger partial charge is 0.423 e. The molecule has 0 saturated heterocycles. The average Bonchev–Trinajstić information content (AvgIpc) is 2.50. The summed E-state index contributed by atoms with van der Waals surface area (Å²) in [6.07, 6.45) is -1.51. The summed E-state index contributed by atoms with van der Waals surface area (Å²) in [5.41, 5.74) is 1.26. The number of nitrogens with one attached hydrogen (secondary N) is 2. The van der Waals surface area contributed by atoms with E-state index < -0.39 is 33.4 Å². The molecule has 0 aromatic heterocycles. The molecule has 1 rings (SSSR count). The standard InChI is InChI=1S/C20H33N3O6S/c1-14(2)13-23(22-18(25)29-20(6,7)8)30(26,27)16-11-9-15(10-12-16)21-17(24)28-19(3,4)5/h9-12,14H,13H2,1-8H3,(H,21,24)(H,22,25). The highest BCUT2D eigenvalue weighted by Crippen LogP contribution is 2.20. The molecular weight excluding hydrogens is 410 g/mol. The van der Waals surface area contributed by atoms with Gasteiger partial charge in [-0.25, -0.2) is 23.4 Å². The van der Waals surface area contributed by atoms with E-state index in [1.54, 1.807) is 41.5 Å². The van der Waals surface area contributed by atoms with Crippen molar-refractivity contribution in [1.29, 1.82) is 0 Å². The van der Waals surface area contributed by atoms with Crippen molar-refractivity contribution in [3.63, 3.8) is 0 Å². The maximum atomic E-state index is 13.0. The summed E-state index contributed by atoms with van der Waals surface area (Å²) in [5, 5.41) is 2.54. The number of hydrazine groups is 1. The highest BCUT2D eigenvalue weighted by Gasteiger charge is 2.29. The molecule has 1 aromatic rings. The van der Waals surface area contributed by atoms with Crippen LogP contribution >= 0.6 is 0 Å². The molecule has 30 heavy (non-hydrogen) atoms. The molecular formula is C20H33N3O6S. The molecule has 0 aliphatic carbocycles. The number of benzene rings is 1. The normalized spacial score (nSPS) is 12.6. The molecule has 9 nitrogen and oxygen atoms in total. The van der Waals surface area contributed by atoms with Gasteiger partial charge in [-0.1, -0.05) is 13.8 Å². The van der Waals surface area contributed by atoms with E-state index in [-0.39, 0.29) is 17.4 Å². The first-order valence-corrected chi connectivity index (χ1v) is 11.1. The molecule has 0 bridgehead atoms. The molecule has 0 unspecified atom stereocenters. The molecule has 0 spiro atoms. The molecule has 0 aliphatic rings. The Morgan fingerprint density at radius 3 is 1.83 bits per heavy atom. The topological polar surface area (TPSA) is 114 Å². The highest BCUT2D eigenvalue weighted by molar-refractivity contribution is 7.89. The molecule has 0 fully saturated rings. The maximum Gasteiger partial charge on any atom is 0.423 e. The van der Waals surface area contributed by atoms with Crippen LogP contribution in [0.5, 0.6) is 0 Å². The van der Waals surface area contributed by atoms with E-state index in [4.69, 9.17) is 9.47 Å². The quantitative estimate of drug-likeness (QED) is 0.639. The Kier molecular flexibility index (Phi) is 8.27. The second-order valence-corrected chi connectivity index (χ2v) is 11.1. The van der Waals surface area contributed by atoms with Crippen LogP contribution in [0.2, 0.25) is 0 Å². The Balaban J connectivity index is 3.01. The van der Waals surface area contributed by atoms with Crippen molar-refractivity contribution in [3.05, 3.63) is 24.3 Å². The summed E-state index contributed by atoms with van der Waals surface area (Å²) < 4.78 is 37.3. The van der Waals surface area contributed by atoms with E-state index in [1.807, 2.05) is 13.8 Å². The van der Waals surface area contributed by atoms with Crippen molar-refractivity contribution in [3.8, 4) is 0 Å². The third-order valence-corrected chi connectivity index (χ3v) is 4.92. The van der Waals surface area contributed by atoms with E-state index in [1.165, 1.54) is 24.3 Å². The lowest BCUT2D eigenvalue weighted by Gasteiger charge is -2.27. The molecule has 0 radical (unpaired) electrons. The Labute approximate surface area is 179 Å². The van der Waals surface area contributed by atoms with E-state index >= 15 is 0 Å². The zero-order chi connectivity index (χ0) is 23.3. The van der Waals surface area contributed by atoms with Gasteiger partial charge >= 0.3 is 12.2 Å². The number of carbonyl (C=O) groups excluding carboxylic acids is 2. The zero-order valence-corrected chi connectivity index (χ0v) is 19.7. The largest absolute Gasteiger partial charge is 0.444 e. The van der Waals surface area contributed by atoms with Gasteiger partial charge in [-0.15, -0.1) is 4.41 Å². The van der Waals surface area contributed by atoms with Crippen LogP contribution in [0.1, 0.15) is 55.4 Å². The Hall–Kier alpha value is -2.33. The molecule has 0 saturated carbocycles. The summed E-state index contributed by atoms with van der Waals surface area (Å²) in [6.45, 7) is 14.0. The second-order valence-electron chi connectivity index (χ2n) is 9.19. The minimum Gasteiger partial charge on any atom is -0.444 e. The van der Waals surface area contributed by atoms with Gasteiger partial charge in [0, 0.05) is 12.2 Å². The minimum absolute atomic E-state index is 0.0473. The van der Waals surface area contributed by atoms with Gasteiger partial charge in [0.15, 0.2) is 0 Å². The minimum atomic E-state index is -4.04. The number of nitrogens with zero attached hydrogens (tertiary/aromatic N) is 1. The van der Waals surface area contributed by atoms with Gasteiger partial charge < -0.3 is 9.47 Å². The molecule has 2 N–H and O–H groups in total. The van der Waals surface area contributed by atoms with Crippen molar-refractivity contribution < 1.29 is 27.5 Å². The monoisotopic (exact) mass is 443 g/mol. The van der Waals surface area contributed by atoms with Crippen molar-refractivity contribution in [2.75, 3.05) is 11.9 Å². The fourth-order valence-electron chi connectivity index (χ4n) is 2.20. The summed E-state index contributed by atoms with van der Waals surface area (Å²) in [7, 11) is -4.04. The highest BCUT2D eigenvalue weighted by atomic mass is 32.2. The Bertz CT molecular complexity index is 837. The van der Waals surface area contributed by atoms with Crippen LogP contribution < -0.4 is 10.7 Å². The fraction of sp³-hybridized carbons (Fsp3) is 0.600. The van der Waals surface area contributed by atoms with Crippen molar-refractivity contribution in [2.24, 2.45) is 5.92 Å². The summed E-state index contributed by atoms with van der Waals surface area (Å²) in [5.74, 6) is -0.0529. The summed E-state index contributed by atoms with van der Waals surface area (Å²) in [6, 6.07) is 5.56. The summed E-state index contributed by atoms with van der Waals surface area (Å²) in [4.78, 5) is 23.9. The number of sulfonamides is 1. The number of amides is 2. The van der Waals surface area contributed by atoms with E-state index in [2.05, 4.69) is 10.7 Å². The van der Waals surface area contributed by atoms with Crippen LogP contribution in [0.4, 0.5) is 15.3 Å². The van der Waals surface area contributed by atoms with Gasteiger partial charge in [-0.05, 0) is 71.7 Å². The lowest BCUT2D eigenvalue weighted by Crippen LogP contribution is -2.49. The number of rotatable bonds is 6. The number of hydrogen-bond acceptors (Lipinski definition) is 6.